The highest BCUT2D eigenvalue weighted by Gasteiger charge is 2.36. The van der Waals surface area contributed by atoms with Crippen LogP contribution in [0.25, 0.3) is 0 Å². The fourth-order valence-electron chi connectivity index (χ4n) is 3.80. The van der Waals surface area contributed by atoms with E-state index in [1.165, 1.54) is 22.5 Å². The molecule has 2 aromatic rings. The van der Waals surface area contributed by atoms with Crippen molar-refractivity contribution in [3.05, 3.63) is 53.1 Å². The third kappa shape index (κ3) is 2.28. The van der Waals surface area contributed by atoms with Crippen LogP contribution in [0.15, 0.2) is 30.6 Å². The van der Waals surface area contributed by atoms with Crippen LogP contribution in [0, 0.1) is 0 Å². The molecule has 0 radical (unpaired) electrons. The molecule has 2 aliphatic heterocycles. The van der Waals surface area contributed by atoms with Crippen LogP contribution in [0.2, 0.25) is 0 Å². The number of aromatic amines is 1. The van der Waals surface area contributed by atoms with Crippen molar-refractivity contribution < 1.29 is 0 Å². The molecule has 4 nitrogen and oxygen atoms in total. The molecule has 1 atom stereocenters. The van der Waals surface area contributed by atoms with Gasteiger partial charge in [0.25, 0.3) is 0 Å². The summed E-state index contributed by atoms with van der Waals surface area (Å²) in [6.07, 6.45) is 4.04. The van der Waals surface area contributed by atoms with Gasteiger partial charge in [0.15, 0.2) is 0 Å². The van der Waals surface area contributed by atoms with E-state index in [2.05, 4.69) is 51.4 Å². The number of benzene rings is 1. The molecule has 4 heteroatoms. The van der Waals surface area contributed by atoms with Gasteiger partial charge in [0.05, 0.1) is 17.6 Å². The zero-order valence-electron chi connectivity index (χ0n) is 12.5. The van der Waals surface area contributed by atoms with Gasteiger partial charge in [0, 0.05) is 38.3 Å². The summed E-state index contributed by atoms with van der Waals surface area (Å²) in [7, 11) is 0. The third-order valence-electron chi connectivity index (χ3n) is 4.88. The molecule has 3 heterocycles. The number of hydrogen-bond acceptors (Lipinski definition) is 3. The zero-order chi connectivity index (χ0) is 14.3. The summed E-state index contributed by atoms with van der Waals surface area (Å²) in [6, 6.07) is 8.82. The Morgan fingerprint density at radius 3 is 3.00 bits per heavy atom. The first-order valence-corrected chi connectivity index (χ1v) is 7.81. The van der Waals surface area contributed by atoms with Crippen molar-refractivity contribution in [2.45, 2.75) is 31.8 Å². The minimum atomic E-state index is -0.0418. The monoisotopic (exact) mass is 282 g/mol. The van der Waals surface area contributed by atoms with Crippen LogP contribution < -0.4 is 5.32 Å². The Bertz CT molecular complexity index is 648. The van der Waals surface area contributed by atoms with Gasteiger partial charge in [-0.2, -0.15) is 0 Å². The summed E-state index contributed by atoms with van der Waals surface area (Å²) < 4.78 is 0. The second-order valence-corrected chi connectivity index (χ2v) is 6.47. The van der Waals surface area contributed by atoms with Gasteiger partial charge in [-0.05, 0) is 24.5 Å². The van der Waals surface area contributed by atoms with Crippen LogP contribution in [0.4, 0.5) is 0 Å². The lowest BCUT2D eigenvalue weighted by atomic mass is 9.89. The average molecular weight is 282 g/mol. The second kappa shape index (κ2) is 4.97. The van der Waals surface area contributed by atoms with Gasteiger partial charge >= 0.3 is 0 Å². The molecule has 0 spiro atoms. The van der Waals surface area contributed by atoms with E-state index in [0.29, 0.717) is 0 Å². The highest BCUT2D eigenvalue weighted by Crippen LogP contribution is 2.28. The molecule has 0 bridgehead atoms. The second-order valence-electron chi connectivity index (χ2n) is 6.47. The highest BCUT2D eigenvalue weighted by molar-refractivity contribution is 5.30. The molecular formula is C17H22N4. The van der Waals surface area contributed by atoms with Crippen LogP contribution >= 0.6 is 0 Å². The lowest BCUT2D eigenvalue weighted by Crippen LogP contribution is -2.53. The quantitative estimate of drug-likeness (QED) is 0.883. The molecule has 2 N–H and O–H groups in total. The lowest BCUT2D eigenvalue weighted by Gasteiger charge is -2.40. The number of imidazole rings is 1. The normalized spacial score (nSPS) is 25.4. The summed E-state index contributed by atoms with van der Waals surface area (Å²) >= 11 is 0. The van der Waals surface area contributed by atoms with Gasteiger partial charge in [0.2, 0.25) is 0 Å². The first kappa shape index (κ1) is 13.0. The number of hydrogen-bond donors (Lipinski definition) is 2. The van der Waals surface area contributed by atoms with Crippen molar-refractivity contribution in [3.8, 4) is 0 Å². The summed E-state index contributed by atoms with van der Waals surface area (Å²) in [5, 5.41) is 3.68. The van der Waals surface area contributed by atoms with Gasteiger partial charge in [-0.25, -0.2) is 4.98 Å². The number of aromatic nitrogens is 2. The maximum atomic E-state index is 4.58. The molecular weight excluding hydrogens is 260 g/mol. The van der Waals surface area contributed by atoms with Crippen molar-refractivity contribution >= 4 is 0 Å². The molecule has 4 rings (SSSR count). The van der Waals surface area contributed by atoms with Gasteiger partial charge in [0.1, 0.15) is 0 Å². The van der Waals surface area contributed by atoms with E-state index in [9.17, 15) is 0 Å². The number of nitrogens with zero attached hydrogens (tertiary/aromatic N) is 2. The molecule has 110 valence electrons. The van der Waals surface area contributed by atoms with E-state index in [1.54, 1.807) is 0 Å². The maximum absolute atomic E-state index is 4.58. The summed E-state index contributed by atoms with van der Waals surface area (Å²) in [5.74, 6) is 0. The van der Waals surface area contributed by atoms with Crippen molar-refractivity contribution in [1.29, 1.82) is 0 Å². The molecule has 0 saturated carbocycles. The van der Waals surface area contributed by atoms with E-state index in [1.807, 2.05) is 6.33 Å². The number of nitrogens with one attached hydrogen (secondary N) is 2. The molecule has 0 amide bonds. The SMILES string of the molecule is CC1(CN2CCc3ccccc3C2)NCCc2[nH]cnc21. The average Bonchev–Trinajstić information content (AvgIpc) is 2.97. The maximum Gasteiger partial charge on any atom is 0.0926 e. The van der Waals surface area contributed by atoms with Crippen molar-refractivity contribution in [2.75, 3.05) is 19.6 Å². The van der Waals surface area contributed by atoms with Crippen molar-refractivity contribution in [2.24, 2.45) is 0 Å². The molecule has 1 unspecified atom stereocenters. The molecule has 1 aromatic carbocycles. The van der Waals surface area contributed by atoms with E-state index in [0.717, 1.165) is 39.0 Å². The third-order valence-corrected chi connectivity index (χ3v) is 4.88. The Labute approximate surface area is 125 Å². The lowest BCUT2D eigenvalue weighted by molar-refractivity contribution is 0.168. The van der Waals surface area contributed by atoms with Gasteiger partial charge in [-0.15, -0.1) is 0 Å². The van der Waals surface area contributed by atoms with Crippen LogP contribution in [0.3, 0.4) is 0 Å². The molecule has 0 saturated heterocycles. The van der Waals surface area contributed by atoms with Gasteiger partial charge in [-0.3, -0.25) is 4.90 Å². The smallest absolute Gasteiger partial charge is 0.0926 e. The van der Waals surface area contributed by atoms with Crippen LogP contribution in [0.1, 0.15) is 29.4 Å². The molecule has 21 heavy (non-hydrogen) atoms. The first-order chi connectivity index (χ1) is 10.2. The minimum Gasteiger partial charge on any atom is -0.348 e. The molecule has 0 fully saturated rings. The topological polar surface area (TPSA) is 44.0 Å². The van der Waals surface area contributed by atoms with E-state index in [4.69, 9.17) is 0 Å². The van der Waals surface area contributed by atoms with Crippen LogP contribution in [-0.4, -0.2) is 34.5 Å². The molecule has 1 aromatic heterocycles. The number of H-pyrrole nitrogens is 1. The Hall–Kier alpha value is -1.65. The fraction of sp³-hybridized carbons (Fsp3) is 0.471. The first-order valence-electron chi connectivity index (χ1n) is 7.81. The number of fused-ring (bicyclic) bond motifs is 2. The van der Waals surface area contributed by atoms with Crippen molar-refractivity contribution in [3.63, 3.8) is 0 Å². The van der Waals surface area contributed by atoms with E-state index < -0.39 is 0 Å². The largest absolute Gasteiger partial charge is 0.348 e. The van der Waals surface area contributed by atoms with Crippen LogP contribution in [-0.2, 0) is 24.9 Å². The predicted molar refractivity (Wildman–Crippen MR) is 83.1 cm³/mol. The highest BCUT2D eigenvalue weighted by atomic mass is 15.2. The predicted octanol–water partition coefficient (Wildman–Crippen LogP) is 1.83. The summed E-state index contributed by atoms with van der Waals surface area (Å²) in [6.45, 7) is 6.50. The molecule has 0 aliphatic carbocycles. The van der Waals surface area contributed by atoms with E-state index >= 15 is 0 Å². The van der Waals surface area contributed by atoms with Gasteiger partial charge < -0.3 is 10.3 Å². The number of rotatable bonds is 2. The standard InChI is InChI=1S/C17H22N4/c1-17(16-15(6-8-20-17)18-12-19-16)11-21-9-7-13-4-2-3-5-14(13)10-21/h2-5,12,20H,6-11H2,1H3,(H,18,19). The zero-order valence-corrected chi connectivity index (χ0v) is 12.5. The fourth-order valence-corrected chi connectivity index (χ4v) is 3.80. The Morgan fingerprint density at radius 1 is 1.24 bits per heavy atom. The Balaban J connectivity index is 1.55. The Morgan fingerprint density at radius 2 is 2.10 bits per heavy atom. The molecule has 2 aliphatic rings. The summed E-state index contributed by atoms with van der Waals surface area (Å²) in [4.78, 5) is 10.4. The van der Waals surface area contributed by atoms with Crippen molar-refractivity contribution in [1.82, 2.24) is 20.2 Å². The van der Waals surface area contributed by atoms with E-state index in [-0.39, 0.29) is 5.54 Å². The Kier molecular flexibility index (Phi) is 3.08. The summed E-state index contributed by atoms with van der Waals surface area (Å²) in [5.41, 5.74) is 5.45. The van der Waals surface area contributed by atoms with Gasteiger partial charge in [-0.1, -0.05) is 24.3 Å². The minimum absolute atomic E-state index is 0.0418. The van der Waals surface area contributed by atoms with Crippen LogP contribution in [0.5, 0.6) is 0 Å².